The van der Waals surface area contributed by atoms with Crippen LogP contribution < -0.4 is 0 Å². The van der Waals surface area contributed by atoms with Gasteiger partial charge in [0.15, 0.2) is 0 Å². The maximum absolute atomic E-state index is 10.6. The van der Waals surface area contributed by atoms with Crippen molar-refractivity contribution in [2.75, 3.05) is 20.1 Å². The number of piperidine rings is 1. The molecule has 2 rings (SSSR count). The van der Waals surface area contributed by atoms with E-state index in [4.69, 9.17) is 5.11 Å². The van der Waals surface area contributed by atoms with Gasteiger partial charge >= 0.3 is 5.97 Å². The topological polar surface area (TPSA) is 43.8 Å². The van der Waals surface area contributed by atoms with Crippen LogP contribution in [0.4, 0.5) is 0 Å². The number of carboxylic acids is 1. The number of likely N-dealkylation sites (tertiary alicyclic amines) is 1. The highest BCUT2D eigenvalue weighted by molar-refractivity contribution is 5.66. The zero-order valence-corrected chi connectivity index (χ0v) is 13.7. The second kappa shape index (κ2) is 8.30. The van der Waals surface area contributed by atoms with Crippen molar-refractivity contribution in [2.45, 2.75) is 51.2 Å². The summed E-state index contributed by atoms with van der Waals surface area (Å²) >= 11 is 0. The van der Waals surface area contributed by atoms with Crippen molar-refractivity contribution in [2.24, 2.45) is 0 Å². The normalized spacial score (nSPS) is 22.9. The van der Waals surface area contributed by atoms with Crippen LogP contribution >= 0.6 is 0 Å². The van der Waals surface area contributed by atoms with Crippen LogP contribution in [0.15, 0.2) is 30.3 Å². The second-order valence-electron chi connectivity index (χ2n) is 6.46. The van der Waals surface area contributed by atoms with Gasteiger partial charge in [-0.15, -0.1) is 0 Å². The quantitative estimate of drug-likeness (QED) is 0.841. The van der Waals surface area contributed by atoms with E-state index in [9.17, 15) is 4.79 Å². The Balaban J connectivity index is 1.78. The van der Waals surface area contributed by atoms with Crippen LogP contribution in [0, 0.1) is 0 Å². The fraction of sp³-hybridized carbons (Fsp3) is 0.611. The van der Waals surface area contributed by atoms with Crippen molar-refractivity contribution in [3.8, 4) is 0 Å². The van der Waals surface area contributed by atoms with E-state index in [1.807, 2.05) is 0 Å². The molecule has 2 atom stereocenters. The summed E-state index contributed by atoms with van der Waals surface area (Å²) < 4.78 is 0. The zero-order valence-electron chi connectivity index (χ0n) is 13.7. The van der Waals surface area contributed by atoms with Gasteiger partial charge in [0.1, 0.15) is 0 Å². The minimum atomic E-state index is -0.695. The van der Waals surface area contributed by atoms with Crippen LogP contribution in [-0.2, 0) is 11.3 Å². The smallest absolute Gasteiger partial charge is 0.303 e. The summed E-state index contributed by atoms with van der Waals surface area (Å²) in [6.45, 7) is 5.32. The Labute approximate surface area is 133 Å². The van der Waals surface area contributed by atoms with Gasteiger partial charge in [-0.2, -0.15) is 0 Å². The maximum Gasteiger partial charge on any atom is 0.303 e. The Bertz CT molecular complexity index is 463. The first-order valence-corrected chi connectivity index (χ1v) is 8.26. The number of benzene rings is 1. The van der Waals surface area contributed by atoms with Gasteiger partial charge in [0.2, 0.25) is 0 Å². The number of nitrogens with zero attached hydrogens (tertiary/aromatic N) is 2. The predicted molar refractivity (Wildman–Crippen MR) is 88.8 cm³/mol. The highest BCUT2D eigenvalue weighted by atomic mass is 16.4. The summed E-state index contributed by atoms with van der Waals surface area (Å²) in [5.41, 5.74) is 1.38. The van der Waals surface area contributed by atoms with Gasteiger partial charge in [-0.1, -0.05) is 30.3 Å². The largest absolute Gasteiger partial charge is 0.481 e. The van der Waals surface area contributed by atoms with E-state index in [1.54, 1.807) is 0 Å². The second-order valence-corrected chi connectivity index (χ2v) is 6.46. The summed E-state index contributed by atoms with van der Waals surface area (Å²) in [4.78, 5) is 15.5. The Morgan fingerprint density at radius 1 is 1.36 bits per heavy atom. The van der Waals surface area contributed by atoms with Gasteiger partial charge in [0.05, 0.1) is 0 Å². The standard InChI is InChI=1S/C18H28N2O2/c1-15-13-17(19(2)11-6-9-18(21)22)10-12-20(15)14-16-7-4-3-5-8-16/h3-5,7-8,15,17H,6,9-14H2,1-2H3,(H,21,22)/t15-,17+/m0/s1. The highest BCUT2D eigenvalue weighted by Crippen LogP contribution is 2.23. The molecule has 0 aromatic heterocycles. The van der Waals surface area contributed by atoms with Crippen LogP contribution in [0.2, 0.25) is 0 Å². The van der Waals surface area contributed by atoms with Crippen molar-refractivity contribution in [3.05, 3.63) is 35.9 Å². The number of hydrogen-bond donors (Lipinski definition) is 1. The molecule has 0 spiro atoms. The molecule has 1 aromatic carbocycles. The van der Waals surface area contributed by atoms with Crippen LogP contribution in [-0.4, -0.2) is 53.1 Å². The third kappa shape index (κ3) is 5.11. The summed E-state index contributed by atoms with van der Waals surface area (Å²) in [5, 5.41) is 8.73. The van der Waals surface area contributed by atoms with Crippen LogP contribution in [0.5, 0.6) is 0 Å². The third-order valence-corrected chi connectivity index (χ3v) is 4.74. The molecule has 1 saturated heterocycles. The fourth-order valence-corrected chi connectivity index (χ4v) is 3.31. The molecule has 0 aliphatic carbocycles. The number of rotatable bonds is 7. The molecule has 1 aliphatic rings. The van der Waals surface area contributed by atoms with E-state index in [2.05, 4.69) is 54.1 Å². The Morgan fingerprint density at radius 3 is 2.73 bits per heavy atom. The average Bonchev–Trinajstić information content (AvgIpc) is 2.50. The summed E-state index contributed by atoms with van der Waals surface area (Å²) in [6.07, 6.45) is 3.34. The zero-order chi connectivity index (χ0) is 15.9. The van der Waals surface area contributed by atoms with Gasteiger partial charge in [-0.3, -0.25) is 9.69 Å². The lowest BCUT2D eigenvalue weighted by Crippen LogP contribution is -2.47. The lowest BCUT2D eigenvalue weighted by Gasteiger charge is -2.41. The van der Waals surface area contributed by atoms with Gasteiger partial charge in [-0.25, -0.2) is 0 Å². The number of carbonyl (C=O) groups is 1. The van der Waals surface area contributed by atoms with Crippen LogP contribution in [0.25, 0.3) is 0 Å². The molecule has 1 heterocycles. The number of aliphatic carboxylic acids is 1. The molecule has 0 amide bonds. The van der Waals surface area contributed by atoms with Crippen molar-refractivity contribution >= 4 is 5.97 Å². The molecule has 0 unspecified atom stereocenters. The highest BCUT2D eigenvalue weighted by Gasteiger charge is 2.27. The Kier molecular flexibility index (Phi) is 6.40. The number of carboxylic acid groups (broad SMARTS) is 1. The Hall–Kier alpha value is -1.39. The van der Waals surface area contributed by atoms with E-state index in [0.29, 0.717) is 12.1 Å². The lowest BCUT2D eigenvalue weighted by atomic mass is 9.96. The predicted octanol–water partition coefficient (Wildman–Crippen LogP) is 2.84. The number of hydrogen-bond acceptors (Lipinski definition) is 3. The summed E-state index contributed by atoms with van der Waals surface area (Å²) in [5.74, 6) is -0.695. The van der Waals surface area contributed by atoms with E-state index >= 15 is 0 Å². The molecule has 1 fully saturated rings. The average molecular weight is 304 g/mol. The molecule has 0 radical (unpaired) electrons. The van der Waals surface area contributed by atoms with E-state index in [-0.39, 0.29) is 6.42 Å². The third-order valence-electron chi connectivity index (χ3n) is 4.74. The first kappa shape index (κ1) is 17.0. The molecule has 4 nitrogen and oxygen atoms in total. The van der Waals surface area contributed by atoms with E-state index in [1.165, 1.54) is 12.0 Å². The van der Waals surface area contributed by atoms with Gasteiger partial charge in [0, 0.05) is 31.6 Å². The first-order chi connectivity index (χ1) is 10.6. The molecule has 1 N–H and O–H groups in total. The Morgan fingerprint density at radius 2 is 2.09 bits per heavy atom. The summed E-state index contributed by atoms with van der Waals surface area (Å²) in [6, 6.07) is 11.8. The molecule has 122 valence electrons. The van der Waals surface area contributed by atoms with Crippen molar-refractivity contribution in [3.63, 3.8) is 0 Å². The fourth-order valence-electron chi connectivity index (χ4n) is 3.31. The van der Waals surface area contributed by atoms with Crippen molar-refractivity contribution in [1.82, 2.24) is 9.80 Å². The monoisotopic (exact) mass is 304 g/mol. The molecule has 0 bridgehead atoms. The van der Waals surface area contributed by atoms with Crippen molar-refractivity contribution < 1.29 is 9.90 Å². The molecule has 4 heteroatoms. The van der Waals surface area contributed by atoms with E-state index < -0.39 is 5.97 Å². The molecule has 0 saturated carbocycles. The SMILES string of the molecule is C[C@H]1C[C@H](N(C)CCCC(=O)O)CCN1Cc1ccccc1. The molecule has 1 aliphatic heterocycles. The molecular formula is C18H28N2O2. The van der Waals surface area contributed by atoms with Crippen LogP contribution in [0.1, 0.15) is 38.2 Å². The van der Waals surface area contributed by atoms with Crippen molar-refractivity contribution in [1.29, 1.82) is 0 Å². The van der Waals surface area contributed by atoms with Crippen LogP contribution in [0.3, 0.4) is 0 Å². The lowest BCUT2D eigenvalue weighted by molar-refractivity contribution is -0.137. The molecule has 1 aromatic rings. The minimum Gasteiger partial charge on any atom is -0.481 e. The van der Waals surface area contributed by atoms with E-state index in [0.717, 1.165) is 32.5 Å². The van der Waals surface area contributed by atoms with Gasteiger partial charge < -0.3 is 10.0 Å². The maximum atomic E-state index is 10.6. The molecule has 22 heavy (non-hydrogen) atoms. The minimum absolute atomic E-state index is 0.271. The van der Waals surface area contributed by atoms with Gasteiger partial charge in [-0.05, 0) is 45.3 Å². The summed E-state index contributed by atoms with van der Waals surface area (Å²) in [7, 11) is 2.13. The van der Waals surface area contributed by atoms with Gasteiger partial charge in [0.25, 0.3) is 0 Å². The molecular weight excluding hydrogens is 276 g/mol. The first-order valence-electron chi connectivity index (χ1n) is 8.26.